The molecule has 0 spiro atoms. The summed E-state index contributed by atoms with van der Waals surface area (Å²) in [5, 5.41) is 2.72. The predicted octanol–water partition coefficient (Wildman–Crippen LogP) is 3.64. The van der Waals surface area contributed by atoms with Crippen molar-refractivity contribution in [2.75, 3.05) is 5.32 Å². The van der Waals surface area contributed by atoms with Crippen LogP contribution in [0, 0.1) is 0 Å². The van der Waals surface area contributed by atoms with E-state index in [-0.39, 0.29) is 5.78 Å². The number of ketones is 1. The van der Waals surface area contributed by atoms with Crippen molar-refractivity contribution >= 4 is 28.8 Å². The molecule has 2 rings (SSSR count). The van der Waals surface area contributed by atoms with Crippen molar-refractivity contribution in [3.63, 3.8) is 0 Å². The van der Waals surface area contributed by atoms with Gasteiger partial charge >= 0.3 is 0 Å². The van der Waals surface area contributed by atoms with Gasteiger partial charge in [-0.1, -0.05) is 0 Å². The third-order valence-electron chi connectivity index (χ3n) is 2.50. The standard InChI is InChI=1S/C14H13ClN2O/c1-10(15)14(18)11-2-4-12(5-3-11)17-13-6-8-16-9-7-13/h2-10H,1H3,(H,16,17). The van der Waals surface area contributed by atoms with Gasteiger partial charge in [0, 0.05) is 29.3 Å². The van der Waals surface area contributed by atoms with Gasteiger partial charge in [0.05, 0.1) is 5.38 Å². The Morgan fingerprint density at radius 1 is 1.11 bits per heavy atom. The molecule has 0 aliphatic rings. The first kappa shape index (κ1) is 12.6. The van der Waals surface area contributed by atoms with Gasteiger partial charge in [0.25, 0.3) is 0 Å². The second-order valence-corrected chi connectivity index (χ2v) is 4.57. The van der Waals surface area contributed by atoms with Gasteiger partial charge in [0.2, 0.25) is 0 Å². The number of Topliss-reactive ketones (excluding diaryl/α,β-unsaturated/α-hetero) is 1. The quantitative estimate of drug-likeness (QED) is 0.674. The van der Waals surface area contributed by atoms with Crippen LogP contribution in [0.4, 0.5) is 11.4 Å². The van der Waals surface area contributed by atoms with Gasteiger partial charge in [0.15, 0.2) is 5.78 Å². The highest BCUT2D eigenvalue weighted by Crippen LogP contribution is 2.17. The smallest absolute Gasteiger partial charge is 0.180 e. The topological polar surface area (TPSA) is 42.0 Å². The van der Waals surface area contributed by atoms with E-state index in [2.05, 4.69) is 10.3 Å². The summed E-state index contributed by atoms with van der Waals surface area (Å²) >= 11 is 5.76. The molecule has 2 aromatic rings. The maximum atomic E-state index is 11.7. The largest absolute Gasteiger partial charge is 0.355 e. The van der Waals surface area contributed by atoms with Gasteiger partial charge in [0.1, 0.15) is 0 Å². The molecule has 18 heavy (non-hydrogen) atoms. The minimum Gasteiger partial charge on any atom is -0.355 e. The zero-order valence-electron chi connectivity index (χ0n) is 9.93. The molecule has 1 aromatic heterocycles. The molecule has 3 nitrogen and oxygen atoms in total. The highest BCUT2D eigenvalue weighted by atomic mass is 35.5. The highest BCUT2D eigenvalue weighted by Gasteiger charge is 2.11. The Labute approximate surface area is 111 Å². The Bertz CT molecular complexity index is 523. The number of aromatic nitrogens is 1. The van der Waals surface area contributed by atoms with E-state index < -0.39 is 5.38 Å². The number of rotatable bonds is 4. The van der Waals surface area contributed by atoms with Crippen molar-refractivity contribution in [1.29, 1.82) is 0 Å². The van der Waals surface area contributed by atoms with Crippen LogP contribution in [-0.4, -0.2) is 16.1 Å². The van der Waals surface area contributed by atoms with E-state index >= 15 is 0 Å². The third kappa shape index (κ3) is 3.08. The first-order valence-corrected chi connectivity index (χ1v) is 6.06. The number of anilines is 2. The van der Waals surface area contributed by atoms with Crippen molar-refractivity contribution in [2.45, 2.75) is 12.3 Å². The minimum atomic E-state index is -0.496. The van der Waals surface area contributed by atoms with Crippen molar-refractivity contribution in [3.05, 3.63) is 54.4 Å². The van der Waals surface area contributed by atoms with Gasteiger partial charge in [-0.15, -0.1) is 11.6 Å². The van der Waals surface area contributed by atoms with Crippen LogP contribution in [0.2, 0.25) is 0 Å². The lowest BCUT2D eigenvalue weighted by atomic mass is 10.1. The third-order valence-corrected chi connectivity index (χ3v) is 2.70. The summed E-state index contributed by atoms with van der Waals surface area (Å²) in [5.41, 5.74) is 2.49. The van der Waals surface area contributed by atoms with E-state index in [1.54, 1.807) is 31.5 Å². The summed E-state index contributed by atoms with van der Waals surface area (Å²) in [6, 6.07) is 11.0. The molecule has 92 valence electrons. The summed E-state index contributed by atoms with van der Waals surface area (Å²) in [6.07, 6.45) is 3.44. The molecule has 0 saturated carbocycles. The number of pyridine rings is 1. The molecule has 0 aliphatic heterocycles. The van der Waals surface area contributed by atoms with E-state index in [0.29, 0.717) is 5.56 Å². The van der Waals surface area contributed by atoms with E-state index in [0.717, 1.165) is 11.4 Å². The molecule has 1 aromatic carbocycles. The molecule has 1 unspecified atom stereocenters. The number of nitrogens with zero attached hydrogens (tertiary/aromatic N) is 1. The maximum absolute atomic E-state index is 11.7. The molecule has 0 amide bonds. The van der Waals surface area contributed by atoms with Crippen LogP contribution in [0.5, 0.6) is 0 Å². The zero-order chi connectivity index (χ0) is 13.0. The van der Waals surface area contributed by atoms with Crippen molar-refractivity contribution < 1.29 is 4.79 Å². The summed E-state index contributed by atoms with van der Waals surface area (Å²) in [4.78, 5) is 15.6. The summed E-state index contributed by atoms with van der Waals surface area (Å²) < 4.78 is 0. The van der Waals surface area contributed by atoms with Crippen LogP contribution in [0.3, 0.4) is 0 Å². The van der Waals surface area contributed by atoms with E-state index in [1.165, 1.54) is 0 Å². The Balaban J connectivity index is 2.11. The van der Waals surface area contributed by atoms with Crippen LogP contribution < -0.4 is 5.32 Å². The number of benzene rings is 1. The summed E-state index contributed by atoms with van der Waals surface area (Å²) in [5.74, 6) is -0.0628. The molecular weight excluding hydrogens is 248 g/mol. The van der Waals surface area contributed by atoms with Crippen LogP contribution in [-0.2, 0) is 0 Å². The van der Waals surface area contributed by atoms with Crippen LogP contribution >= 0.6 is 11.6 Å². The number of hydrogen-bond donors (Lipinski definition) is 1. The minimum absolute atomic E-state index is 0.0628. The number of alkyl halides is 1. The molecule has 0 bridgehead atoms. The van der Waals surface area contributed by atoms with Crippen molar-refractivity contribution in [2.24, 2.45) is 0 Å². The second kappa shape index (κ2) is 5.65. The lowest BCUT2D eigenvalue weighted by Gasteiger charge is -2.07. The predicted molar refractivity (Wildman–Crippen MR) is 73.6 cm³/mol. The molecule has 1 atom stereocenters. The van der Waals surface area contributed by atoms with E-state index in [9.17, 15) is 4.79 Å². The lowest BCUT2D eigenvalue weighted by molar-refractivity contribution is 0.0992. The molecule has 4 heteroatoms. The SMILES string of the molecule is CC(Cl)C(=O)c1ccc(Nc2ccncc2)cc1. The van der Waals surface area contributed by atoms with E-state index in [1.807, 2.05) is 24.3 Å². The summed E-state index contributed by atoms with van der Waals surface area (Å²) in [7, 11) is 0. The number of carbonyl (C=O) groups excluding carboxylic acids is 1. The fraction of sp³-hybridized carbons (Fsp3) is 0.143. The second-order valence-electron chi connectivity index (χ2n) is 3.92. The normalized spacial score (nSPS) is 11.9. The number of halogens is 1. The van der Waals surface area contributed by atoms with Gasteiger partial charge < -0.3 is 5.32 Å². The van der Waals surface area contributed by atoms with Gasteiger partial charge in [-0.05, 0) is 43.3 Å². The number of hydrogen-bond acceptors (Lipinski definition) is 3. The molecule has 1 heterocycles. The maximum Gasteiger partial charge on any atom is 0.180 e. The molecule has 1 N–H and O–H groups in total. The Morgan fingerprint density at radius 3 is 2.22 bits per heavy atom. The molecule has 0 aliphatic carbocycles. The molecular formula is C14H13ClN2O. The van der Waals surface area contributed by atoms with Crippen molar-refractivity contribution in [1.82, 2.24) is 4.98 Å². The zero-order valence-corrected chi connectivity index (χ0v) is 10.7. The molecule has 0 fully saturated rings. The highest BCUT2D eigenvalue weighted by molar-refractivity contribution is 6.33. The molecule has 0 saturated heterocycles. The van der Waals surface area contributed by atoms with Crippen LogP contribution in [0.25, 0.3) is 0 Å². The van der Waals surface area contributed by atoms with Gasteiger partial charge in [-0.3, -0.25) is 9.78 Å². The summed E-state index contributed by atoms with van der Waals surface area (Å²) in [6.45, 7) is 1.67. The molecule has 0 radical (unpaired) electrons. The Kier molecular flexibility index (Phi) is 3.95. The van der Waals surface area contributed by atoms with Crippen LogP contribution in [0.1, 0.15) is 17.3 Å². The fourth-order valence-corrected chi connectivity index (χ4v) is 1.68. The Hall–Kier alpha value is -1.87. The van der Waals surface area contributed by atoms with Crippen LogP contribution in [0.15, 0.2) is 48.8 Å². The first-order chi connectivity index (χ1) is 8.66. The van der Waals surface area contributed by atoms with Gasteiger partial charge in [-0.25, -0.2) is 0 Å². The average Bonchev–Trinajstić information content (AvgIpc) is 2.40. The van der Waals surface area contributed by atoms with Gasteiger partial charge in [-0.2, -0.15) is 0 Å². The number of nitrogens with one attached hydrogen (secondary N) is 1. The first-order valence-electron chi connectivity index (χ1n) is 5.62. The average molecular weight is 261 g/mol. The fourth-order valence-electron chi connectivity index (χ4n) is 1.55. The Morgan fingerprint density at radius 2 is 1.67 bits per heavy atom. The van der Waals surface area contributed by atoms with Crippen molar-refractivity contribution in [3.8, 4) is 0 Å². The monoisotopic (exact) mass is 260 g/mol. The lowest BCUT2D eigenvalue weighted by Crippen LogP contribution is -2.10. The van der Waals surface area contributed by atoms with E-state index in [4.69, 9.17) is 11.6 Å². The number of carbonyl (C=O) groups is 1.